The zero-order valence-corrected chi connectivity index (χ0v) is 14.0. The highest BCUT2D eigenvalue weighted by molar-refractivity contribution is 9.13. The second-order valence-electron chi connectivity index (χ2n) is 3.65. The van der Waals surface area contributed by atoms with E-state index in [1.54, 1.807) is 18.2 Å². The molecule has 0 atom stereocenters. The number of benzene rings is 1. The number of hydrogen-bond donors (Lipinski definition) is 1. The molecule has 0 unspecified atom stereocenters. The third-order valence-electron chi connectivity index (χ3n) is 2.31. The largest absolute Gasteiger partial charge is 0.321 e. The Morgan fingerprint density at radius 2 is 2.06 bits per heavy atom. The van der Waals surface area contributed by atoms with Gasteiger partial charge in [0.05, 0.1) is 8.66 Å². The summed E-state index contributed by atoms with van der Waals surface area (Å²) in [4.78, 5) is 12.7. The van der Waals surface area contributed by atoms with Crippen LogP contribution in [0.2, 0.25) is 5.02 Å². The molecule has 0 aliphatic heterocycles. The highest BCUT2D eigenvalue weighted by Gasteiger charge is 2.13. The number of hydrogen-bond acceptors (Lipinski definition) is 2. The lowest BCUT2D eigenvalue weighted by Gasteiger charge is -2.07. The number of anilines is 1. The summed E-state index contributed by atoms with van der Waals surface area (Å²) in [6, 6.07) is 7.16. The van der Waals surface area contributed by atoms with Gasteiger partial charge in [-0.05, 0) is 68.6 Å². The van der Waals surface area contributed by atoms with E-state index in [0.29, 0.717) is 9.90 Å². The monoisotopic (exact) mass is 407 g/mol. The average molecular weight is 410 g/mol. The number of thiophene rings is 1. The molecule has 0 aliphatic rings. The van der Waals surface area contributed by atoms with Gasteiger partial charge in [-0.2, -0.15) is 0 Å². The van der Waals surface area contributed by atoms with E-state index in [0.717, 1.165) is 19.5 Å². The van der Waals surface area contributed by atoms with Gasteiger partial charge in [0.25, 0.3) is 5.91 Å². The van der Waals surface area contributed by atoms with Crippen molar-refractivity contribution in [3.63, 3.8) is 0 Å². The first kappa shape index (κ1) is 14.1. The topological polar surface area (TPSA) is 29.1 Å². The fourth-order valence-electron chi connectivity index (χ4n) is 1.41. The smallest absolute Gasteiger partial charge is 0.265 e. The summed E-state index contributed by atoms with van der Waals surface area (Å²) in [6.45, 7) is 1.90. The first-order valence-corrected chi connectivity index (χ1v) is 7.78. The van der Waals surface area contributed by atoms with Crippen molar-refractivity contribution in [1.82, 2.24) is 0 Å². The first-order chi connectivity index (χ1) is 8.47. The molecule has 1 aromatic heterocycles. The molecule has 1 amide bonds. The van der Waals surface area contributed by atoms with Gasteiger partial charge in [-0.15, -0.1) is 11.3 Å². The van der Waals surface area contributed by atoms with Crippen molar-refractivity contribution < 1.29 is 4.79 Å². The van der Waals surface area contributed by atoms with Gasteiger partial charge in [0.1, 0.15) is 0 Å². The minimum atomic E-state index is -0.128. The highest BCUT2D eigenvalue weighted by Crippen LogP contribution is 2.33. The van der Waals surface area contributed by atoms with Crippen molar-refractivity contribution in [1.29, 1.82) is 0 Å². The third-order valence-corrected chi connectivity index (χ3v) is 5.80. The molecule has 0 saturated heterocycles. The van der Waals surface area contributed by atoms with E-state index in [9.17, 15) is 4.79 Å². The number of amides is 1. The van der Waals surface area contributed by atoms with Crippen LogP contribution in [0, 0.1) is 6.92 Å². The van der Waals surface area contributed by atoms with Crippen LogP contribution in [0.1, 0.15) is 15.2 Å². The normalized spacial score (nSPS) is 10.4. The quantitative estimate of drug-likeness (QED) is 0.698. The minimum Gasteiger partial charge on any atom is -0.321 e. The van der Waals surface area contributed by atoms with Gasteiger partial charge in [-0.1, -0.05) is 11.6 Å². The van der Waals surface area contributed by atoms with E-state index < -0.39 is 0 Å². The fraction of sp³-hybridized carbons (Fsp3) is 0.0833. The first-order valence-electron chi connectivity index (χ1n) is 4.99. The molecule has 0 aliphatic carbocycles. The lowest BCUT2D eigenvalue weighted by atomic mass is 10.2. The Balaban J connectivity index is 2.21. The zero-order chi connectivity index (χ0) is 13.3. The number of carbonyl (C=O) groups excluding carboxylic acids is 1. The Morgan fingerprint density at radius 3 is 2.61 bits per heavy atom. The van der Waals surface area contributed by atoms with Gasteiger partial charge in [0, 0.05) is 15.2 Å². The maximum Gasteiger partial charge on any atom is 0.265 e. The second-order valence-corrected chi connectivity index (χ2v) is 7.31. The van der Waals surface area contributed by atoms with Gasteiger partial charge in [-0.3, -0.25) is 4.79 Å². The molecule has 94 valence electrons. The lowest BCUT2D eigenvalue weighted by Crippen LogP contribution is -2.10. The van der Waals surface area contributed by atoms with Crippen LogP contribution in [-0.4, -0.2) is 5.91 Å². The van der Waals surface area contributed by atoms with Crippen LogP contribution >= 0.6 is 54.8 Å². The summed E-state index contributed by atoms with van der Waals surface area (Å²) in [7, 11) is 0. The molecule has 2 rings (SSSR count). The number of nitrogens with one attached hydrogen (secondary N) is 1. The Kier molecular flexibility index (Phi) is 4.48. The van der Waals surface area contributed by atoms with Crippen LogP contribution in [0.25, 0.3) is 0 Å². The summed E-state index contributed by atoms with van der Waals surface area (Å²) >= 11 is 14.0. The fourth-order valence-corrected chi connectivity index (χ4v) is 3.57. The van der Waals surface area contributed by atoms with Crippen molar-refractivity contribution in [3.05, 3.63) is 48.0 Å². The van der Waals surface area contributed by atoms with Crippen LogP contribution in [0.3, 0.4) is 0 Å². The molecule has 0 radical (unpaired) electrons. The Morgan fingerprint density at radius 1 is 1.33 bits per heavy atom. The SMILES string of the molecule is Cc1cc(Cl)ccc1NC(=O)c1cc(Br)c(Br)s1. The highest BCUT2D eigenvalue weighted by atomic mass is 79.9. The Bertz CT molecular complexity index is 593. The minimum absolute atomic E-state index is 0.128. The van der Waals surface area contributed by atoms with E-state index in [4.69, 9.17) is 11.6 Å². The van der Waals surface area contributed by atoms with E-state index in [2.05, 4.69) is 37.2 Å². The molecule has 1 heterocycles. The molecular weight excluding hydrogens is 401 g/mol. The molecule has 0 saturated carbocycles. The summed E-state index contributed by atoms with van der Waals surface area (Å²) in [5.41, 5.74) is 1.70. The number of rotatable bonds is 2. The zero-order valence-electron chi connectivity index (χ0n) is 9.26. The van der Waals surface area contributed by atoms with Crippen molar-refractivity contribution in [2.45, 2.75) is 6.92 Å². The molecule has 18 heavy (non-hydrogen) atoms. The van der Waals surface area contributed by atoms with Gasteiger partial charge < -0.3 is 5.32 Å². The van der Waals surface area contributed by atoms with E-state index in [1.807, 2.05) is 13.0 Å². The second kappa shape index (κ2) is 5.74. The van der Waals surface area contributed by atoms with Gasteiger partial charge in [0.2, 0.25) is 0 Å². The summed E-state index contributed by atoms with van der Waals surface area (Å²) < 4.78 is 1.78. The maximum atomic E-state index is 12.0. The number of halogens is 3. The van der Waals surface area contributed by atoms with Crippen molar-refractivity contribution in [3.8, 4) is 0 Å². The standard InChI is InChI=1S/C12H8Br2ClNOS/c1-6-4-7(15)2-3-9(6)16-12(17)10-5-8(13)11(14)18-10/h2-5H,1H3,(H,16,17). The van der Waals surface area contributed by atoms with E-state index >= 15 is 0 Å². The molecule has 0 bridgehead atoms. The predicted octanol–water partition coefficient (Wildman–Crippen LogP) is 5.49. The molecule has 0 fully saturated rings. The summed E-state index contributed by atoms with van der Waals surface area (Å²) in [5.74, 6) is -0.128. The van der Waals surface area contributed by atoms with Crippen LogP contribution in [0.4, 0.5) is 5.69 Å². The van der Waals surface area contributed by atoms with Crippen LogP contribution in [0.5, 0.6) is 0 Å². The predicted molar refractivity (Wildman–Crippen MR) is 83.9 cm³/mol. The molecule has 0 spiro atoms. The van der Waals surface area contributed by atoms with E-state index in [-0.39, 0.29) is 5.91 Å². The van der Waals surface area contributed by atoms with Crippen LogP contribution in [0.15, 0.2) is 32.5 Å². The van der Waals surface area contributed by atoms with Gasteiger partial charge in [-0.25, -0.2) is 0 Å². The maximum absolute atomic E-state index is 12.0. The molecule has 1 aromatic carbocycles. The number of aryl methyl sites for hydroxylation is 1. The van der Waals surface area contributed by atoms with Gasteiger partial charge in [0.15, 0.2) is 0 Å². The molecule has 2 nitrogen and oxygen atoms in total. The average Bonchev–Trinajstić information content (AvgIpc) is 2.63. The van der Waals surface area contributed by atoms with Crippen molar-refractivity contribution >= 4 is 66.4 Å². The van der Waals surface area contributed by atoms with Crippen molar-refractivity contribution in [2.75, 3.05) is 5.32 Å². The summed E-state index contributed by atoms with van der Waals surface area (Å²) in [6.07, 6.45) is 0. The third kappa shape index (κ3) is 3.15. The lowest BCUT2D eigenvalue weighted by molar-refractivity contribution is 0.103. The molecular formula is C12H8Br2ClNOS. The Hall–Kier alpha value is -0.360. The molecule has 2 aromatic rings. The number of carbonyl (C=O) groups is 1. The van der Waals surface area contributed by atoms with Crippen molar-refractivity contribution in [2.24, 2.45) is 0 Å². The molecule has 6 heteroatoms. The van der Waals surface area contributed by atoms with E-state index in [1.165, 1.54) is 11.3 Å². The Labute approximate surface area is 131 Å². The summed E-state index contributed by atoms with van der Waals surface area (Å²) in [5, 5.41) is 3.52. The van der Waals surface area contributed by atoms with Crippen LogP contribution in [-0.2, 0) is 0 Å². The van der Waals surface area contributed by atoms with Crippen LogP contribution < -0.4 is 5.32 Å². The van der Waals surface area contributed by atoms with Gasteiger partial charge >= 0.3 is 0 Å². The molecule has 1 N–H and O–H groups in total.